The lowest BCUT2D eigenvalue weighted by molar-refractivity contribution is 0.591. The van der Waals surface area contributed by atoms with Gasteiger partial charge in [0.05, 0.1) is 0 Å². The van der Waals surface area contributed by atoms with E-state index in [9.17, 15) is 0 Å². The standard InChI is InChI=1S/C36H30/c1-5-26-27-10-6-8-12-29(27)35(30-13-9-7-11-28(26)30)32-18-16-22-14-15-23-20-25(36(2,3)4)21-24-17-19-31(32)34(22)33(23)24/h6-21H,5H2,1-4H3. The highest BCUT2D eigenvalue weighted by molar-refractivity contribution is 6.28. The average Bonchev–Trinajstić information content (AvgIpc) is 2.89. The zero-order valence-corrected chi connectivity index (χ0v) is 21.4. The van der Waals surface area contributed by atoms with Gasteiger partial charge in [-0.1, -0.05) is 125 Å². The fourth-order valence-corrected chi connectivity index (χ4v) is 6.36. The van der Waals surface area contributed by atoms with E-state index in [1.54, 1.807) is 0 Å². The van der Waals surface area contributed by atoms with Crippen LogP contribution in [0.15, 0.2) is 97.1 Å². The van der Waals surface area contributed by atoms with Gasteiger partial charge in [-0.3, -0.25) is 0 Å². The minimum Gasteiger partial charge on any atom is -0.0616 e. The molecule has 0 aliphatic rings. The van der Waals surface area contributed by atoms with Crippen molar-refractivity contribution < 1.29 is 0 Å². The maximum Gasteiger partial charge on any atom is -0.00204 e. The van der Waals surface area contributed by atoms with Crippen LogP contribution in [-0.2, 0) is 11.8 Å². The molecule has 174 valence electrons. The van der Waals surface area contributed by atoms with Crippen molar-refractivity contribution in [2.75, 3.05) is 0 Å². The van der Waals surface area contributed by atoms with Crippen LogP contribution in [0.2, 0.25) is 0 Å². The Labute approximate surface area is 212 Å². The first-order valence-corrected chi connectivity index (χ1v) is 13.1. The predicted octanol–water partition coefficient (Wildman–Crippen LogP) is 10.4. The Morgan fingerprint density at radius 3 is 1.64 bits per heavy atom. The molecule has 0 atom stereocenters. The summed E-state index contributed by atoms with van der Waals surface area (Å²) >= 11 is 0. The van der Waals surface area contributed by atoms with Gasteiger partial charge in [0, 0.05) is 0 Å². The summed E-state index contributed by atoms with van der Waals surface area (Å²) in [7, 11) is 0. The monoisotopic (exact) mass is 462 g/mol. The second kappa shape index (κ2) is 7.55. The van der Waals surface area contributed by atoms with Crippen molar-refractivity contribution in [1.29, 1.82) is 0 Å². The molecule has 36 heavy (non-hydrogen) atoms. The Balaban J connectivity index is 1.66. The molecule has 0 saturated heterocycles. The van der Waals surface area contributed by atoms with E-state index in [2.05, 4.69) is 125 Å². The SMILES string of the molecule is CCc1c2ccccc2c(-c2ccc3ccc4cc(C(C)(C)C)cc5ccc2c3c45)c2ccccc12. The van der Waals surface area contributed by atoms with Crippen molar-refractivity contribution in [2.24, 2.45) is 0 Å². The van der Waals surface area contributed by atoms with Gasteiger partial charge < -0.3 is 0 Å². The molecule has 0 saturated carbocycles. The second-order valence-corrected chi connectivity index (χ2v) is 11.2. The second-order valence-electron chi connectivity index (χ2n) is 11.2. The van der Waals surface area contributed by atoms with Crippen LogP contribution in [0, 0.1) is 0 Å². The molecule has 0 heterocycles. The molecule has 0 spiro atoms. The first kappa shape index (κ1) is 21.4. The van der Waals surface area contributed by atoms with Crippen LogP contribution in [0.3, 0.4) is 0 Å². The van der Waals surface area contributed by atoms with Crippen LogP contribution in [0.1, 0.15) is 38.8 Å². The Hall–Kier alpha value is -3.90. The first-order valence-electron chi connectivity index (χ1n) is 13.1. The van der Waals surface area contributed by atoms with E-state index in [4.69, 9.17) is 0 Å². The summed E-state index contributed by atoms with van der Waals surface area (Å²) in [4.78, 5) is 0. The number of fused-ring (bicyclic) bond motifs is 2. The van der Waals surface area contributed by atoms with Gasteiger partial charge in [-0.2, -0.15) is 0 Å². The van der Waals surface area contributed by atoms with Crippen molar-refractivity contribution in [3.8, 4) is 11.1 Å². The molecule has 7 rings (SSSR count). The van der Waals surface area contributed by atoms with E-state index in [0.717, 1.165) is 6.42 Å². The van der Waals surface area contributed by atoms with E-state index >= 15 is 0 Å². The van der Waals surface area contributed by atoms with Crippen molar-refractivity contribution in [3.05, 3.63) is 108 Å². The maximum atomic E-state index is 2.40. The number of hydrogen-bond acceptors (Lipinski definition) is 0. The largest absolute Gasteiger partial charge is 0.0616 e. The molecular weight excluding hydrogens is 432 g/mol. The van der Waals surface area contributed by atoms with Crippen LogP contribution in [-0.4, -0.2) is 0 Å². The number of hydrogen-bond donors (Lipinski definition) is 0. The van der Waals surface area contributed by atoms with Crippen molar-refractivity contribution in [2.45, 2.75) is 39.5 Å². The molecular formula is C36H30. The maximum absolute atomic E-state index is 2.40. The van der Waals surface area contributed by atoms with E-state index in [-0.39, 0.29) is 5.41 Å². The minimum atomic E-state index is 0.120. The molecule has 0 unspecified atom stereocenters. The van der Waals surface area contributed by atoms with Gasteiger partial charge in [0.25, 0.3) is 0 Å². The van der Waals surface area contributed by atoms with Gasteiger partial charge >= 0.3 is 0 Å². The molecule has 0 heteroatoms. The van der Waals surface area contributed by atoms with Gasteiger partial charge in [0.15, 0.2) is 0 Å². The quantitative estimate of drug-likeness (QED) is 0.177. The molecule has 0 fully saturated rings. The predicted molar refractivity (Wildman–Crippen MR) is 159 cm³/mol. The summed E-state index contributed by atoms with van der Waals surface area (Å²) in [5.74, 6) is 0. The lowest BCUT2D eigenvalue weighted by atomic mass is 9.81. The number of aryl methyl sites for hydroxylation is 1. The van der Waals surface area contributed by atoms with Gasteiger partial charge in [0.2, 0.25) is 0 Å². The molecule has 0 nitrogen and oxygen atoms in total. The highest BCUT2D eigenvalue weighted by atomic mass is 14.2. The Morgan fingerprint density at radius 1 is 0.528 bits per heavy atom. The first-order chi connectivity index (χ1) is 17.5. The van der Waals surface area contributed by atoms with Crippen LogP contribution in [0.4, 0.5) is 0 Å². The molecule has 0 bridgehead atoms. The van der Waals surface area contributed by atoms with Gasteiger partial charge in [-0.15, -0.1) is 0 Å². The normalized spacial score (nSPS) is 12.6. The zero-order valence-electron chi connectivity index (χ0n) is 21.4. The van der Waals surface area contributed by atoms with Crippen molar-refractivity contribution in [3.63, 3.8) is 0 Å². The number of benzene rings is 7. The molecule has 7 aromatic carbocycles. The molecule has 0 amide bonds. The van der Waals surface area contributed by atoms with Crippen LogP contribution < -0.4 is 0 Å². The Bertz CT molecular complexity index is 1870. The topological polar surface area (TPSA) is 0 Å². The lowest BCUT2D eigenvalue weighted by Gasteiger charge is -2.22. The van der Waals surface area contributed by atoms with E-state index < -0.39 is 0 Å². The highest BCUT2D eigenvalue weighted by Gasteiger charge is 2.20. The molecule has 0 radical (unpaired) electrons. The number of rotatable bonds is 2. The Kier molecular flexibility index (Phi) is 4.48. The molecule has 7 aromatic rings. The summed E-state index contributed by atoms with van der Waals surface area (Å²) in [6, 6.07) is 36.7. The molecule has 0 aliphatic carbocycles. The fraction of sp³-hybridized carbons (Fsp3) is 0.167. The minimum absolute atomic E-state index is 0.120. The summed E-state index contributed by atoms with van der Waals surface area (Å²) in [6.07, 6.45) is 1.02. The van der Waals surface area contributed by atoms with E-state index in [1.165, 1.54) is 76.1 Å². The van der Waals surface area contributed by atoms with Gasteiger partial charge in [-0.25, -0.2) is 0 Å². The van der Waals surface area contributed by atoms with Crippen LogP contribution in [0.25, 0.3) is 65.0 Å². The summed E-state index contributed by atoms with van der Waals surface area (Å²) in [5, 5.41) is 13.5. The average molecular weight is 463 g/mol. The van der Waals surface area contributed by atoms with E-state index in [0.29, 0.717) is 0 Å². The summed E-state index contributed by atoms with van der Waals surface area (Å²) in [5.41, 5.74) is 5.63. The molecule has 0 aliphatic heterocycles. The van der Waals surface area contributed by atoms with Crippen LogP contribution >= 0.6 is 0 Å². The van der Waals surface area contributed by atoms with Gasteiger partial charge in [0.1, 0.15) is 0 Å². The Morgan fingerprint density at radius 2 is 1.06 bits per heavy atom. The fourth-order valence-electron chi connectivity index (χ4n) is 6.36. The summed E-state index contributed by atoms with van der Waals surface area (Å²) in [6.45, 7) is 9.17. The molecule has 0 N–H and O–H groups in total. The third kappa shape index (κ3) is 2.94. The molecule has 0 aromatic heterocycles. The smallest absolute Gasteiger partial charge is 0.00204 e. The van der Waals surface area contributed by atoms with Crippen LogP contribution in [0.5, 0.6) is 0 Å². The zero-order chi connectivity index (χ0) is 24.6. The van der Waals surface area contributed by atoms with Crippen molar-refractivity contribution >= 4 is 53.9 Å². The lowest BCUT2D eigenvalue weighted by Crippen LogP contribution is -2.10. The highest BCUT2D eigenvalue weighted by Crippen LogP contribution is 2.45. The van der Waals surface area contributed by atoms with Gasteiger partial charge in [-0.05, 0) is 88.0 Å². The summed E-state index contributed by atoms with van der Waals surface area (Å²) < 4.78 is 0. The van der Waals surface area contributed by atoms with E-state index in [1.807, 2.05) is 0 Å². The third-order valence-electron chi connectivity index (χ3n) is 8.13. The third-order valence-corrected chi connectivity index (χ3v) is 8.13. The van der Waals surface area contributed by atoms with Crippen molar-refractivity contribution in [1.82, 2.24) is 0 Å².